The lowest BCUT2D eigenvalue weighted by atomic mass is 9.32. The van der Waals surface area contributed by atoms with E-state index in [9.17, 15) is 0 Å². The molecule has 0 saturated heterocycles. The molecule has 1 saturated carbocycles. The topological polar surface area (TPSA) is 6.48 Å². The number of thiophene rings is 1. The molecule has 0 spiro atoms. The molecule has 3 heterocycles. The number of anilines is 6. The Bertz CT molecular complexity index is 3220. The van der Waals surface area contributed by atoms with Crippen LogP contribution in [0.1, 0.15) is 228 Å². The van der Waals surface area contributed by atoms with Crippen LogP contribution >= 0.6 is 11.3 Å². The van der Waals surface area contributed by atoms with E-state index in [0.29, 0.717) is 5.92 Å². The number of nitrogens with zero attached hydrogens (tertiary/aromatic N) is 2. The minimum atomic E-state index is 0.0343. The van der Waals surface area contributed by atoms with Gasteiger partial charge in [0, 0.05) is 33.2 Å². The molecule has 8 aliphatic rings. The quantitative estimate of drug-likeness (QED) is 0.163. The summed E-state index contributed by atoms with van der Waals surface area (Å²) in [5, 5.41) is 1.48. The molecule has 2 nitrogen and oxygen atoms in total. The van der Waals surface area contributed by atoms with E-state index in [1.807, 2.05) is 0 Å². The summed E-state index contributed by atoms with van der Waals surface area (Å²) in [6.07, 6.45) is 20.5. The highest BCUT2D eigenvalue weighted by Gasteiger charge is 2.54. The largest absolute Gasteiger partial charge is 0.311 e. The summed E-state index contributed by atoms with van der Waals surface area (Å²) >= 11 is 2.17. The fourth-order valence-corrected chi connectivity index (χ4v) is 17.9. The van der Waals surface area contributed by atoms with Gasteiger partial charge in [0.25, 0.3) is 6.71 Å². The predicted octanol–water partition coefficient (Wildman–Crippen LogP) is 17.1. The number of hydrogen-bond donors (Lipinski definition) is 0. The molecule has 0 radical (unpaired) electrons. The van der Waals surface area contributed by atoms with Crippen LogP contribution in [0.5, 0.6) is 0 Å². The number of hydrogen-bond acceptors (Lipinski definition) is 3. The van der Waals surface area contributed by atoms with Crippen LogP contribution in [0.25, 0.3) is 5.57 Å². The van der Waals surface area contributed by atoms with Gasteiger partial charge in [0.1, 0.15) is 0 Å². The highest BCUT2D eigenvalue weighted by molar-refractivity contribution is 7.20. The van der Waals surface area contributed by atoms with E-state index in [1.165, 1.54) is 130 Å². The maximum atomic E-state index is 2.88. The van der Waals surface area contributed by atoms with Crippen LogP contribution in [0.15, 0.2) is 72.8 Å². The molecule has 3 atom stereocenters. The van der Waals surface area contributed by atoms with E-state index in [4.69, 9.17) is 0 Å². The van der Waals surface area contributed by atoms with Gasteiger partial charge in [0.2, 0.25) is 0 Å². The Balaban J connectivity index is 1.18. The van der Waals surface area contributed by atoms with Crippen LogP contribution in [0.3, 0.4) is 0 Å². The van der Waals surface area contributed by atoms with Crippen molar-refractivity contribution in [3.63, 3.8) is 0 Å². The average Bonchev–Trinajstić information content (AvgIpc) is 3.92. The first-order valence-corrected chi connectivity index (χ1v) is 28.9. The summed E-state index contributed by atoms with van der Waals surface area (Å²) in [5.74, 6) is 1.31. The van der Waals surface area contributed by atoms with Gasteiger partial charge in [-0.05, 0) is 236 Å². The van der Waals surface area contributed by atoms with Crippen molar-refractivity contribution in [2.75, 3.05) is 9.80 Å². The van der Waals surface area contributed by atoms with Crippen molar-refractivity contribution in [3.05, 3.63) is 128 Å². The molecule has 368 valence electrons. The molecule has 4 heteroatoms. The zero-order chi connectivity index (χ0) is 49.9. The Morgan fingerprint density at radius 2 is 1.18 bits per heavy atom. The Labute approximate surface area is 432 Å². The summed E-state index contributed by atoms with van der Waals surface area (Å²) in [7, 11) is 0. The highest BCUT2D eigenvalue weighted by atomic mass is 32.1. The Morgan fingerprint density at radius 1 is 0.577 bits per heavy atom. The maximum absolute atomic E-state index is 2.88. The van der Waals surface area contributed by atoms with Gasteiger partial charge in [0.15, 0.2) is 0 Å². The lowest BCUT2D eigenvalue weighted by molar-refractivity contribution is 0.332. The van der Waals surface area contributed by atoms with E-state index in [1.54, 1.807) is 38.2 Å². The molecule has 5 aromatic rings. The van der Waals surface area contributed by atoms with Gasteiger partial charge in [-0.3, -0.25) is 0 Å². The number of aryl methyl sites for hydroxylation is 1. The molecule has 1 unspecified atom stereocenters. The summed E-state index contributed by atoms with van der Waals surface area (Å²) in [5.41, 5.74) is 27.6. The summed E-state index contributed by atoms with van der Waals surface area (Å²) < 4.78 is 0. The Morgan fingerprint density at radius 3 is 1.86 bits per heavy atom. The fourth-order valence-electron chi connectivity index (χ4n) is 16.3. The van der Waals surface area contributed by atoms with Gasteiger partial charge < -0.3 is 9.80 Å². The Hall–Kier alpha value is -4.28. The van der Waals surface area contributed by atoms with Gasteiger partial charge in [-0.25, -0.2) is 0 Å². The van der Waals surface area contributed by atoms with Crippen molar-refractivity contribution in [3.8, 4) is 0 Å². The second-order valence-electron chi connectivity index (χ2n) is 28.8. The third-order valence-electron chi connectivity index (χ3n) is 21.2. The van der Waals surface area contributed by atoms with Crippen LogP contribution in [0, 0.1) is 12.8 Å². The molecular weight excluding hydrogens is 876 g/mol. The fraction of sp³-hybridized carbons (Fsp3) is 0.522. The highest BCUT2D eigenvalue weighted by Crippen LogP contribution is 2.60. The van der Waals surface area contributed by atoms with Gasteiger partial charge >= 0.3 is 0 Å². The smallest absolute Gasteiger partial charge is 0.253 e. The van der Waals surface area contributed by atoms with Gasteiger partial charge in [0.05, 0.1) is 10.7 Å². The van der Waals surface area contributed by atoms with Crippen molar-refractivity contribution < 1.29 is 0 Å². The minimum Gasteiger partial charge on any atom is -0.311 e. The SMILES string of the molecule is Cc1cc2c3c(c1)N(c1cc4c(cc1C1=CC=CCC1)C(C)(C)CCC4(C)C)c1sc4c(c1B3c1cc3c(cc1N2c1ccc2c(c1)C(C)(C)CCC2(C)C)C1(C)CC[C@H](C1)[C@H]3C)C(C)(C)CCC4(C)C. The van der Waals surface area contributed by atoms with Crippen molar-refractivity contribution in [2.24, 2.45) is 5.92 Å². The normalized spacial score (nSPS) is 26.9. The van der Waals surface area contributed by atoms with Crippen LogP contribution in [-0.4, -0.2) is 6.71 Å². The zero-order valence-corrected chi connectivity index (χ0v) is 47.1. The lowest BCUT2D eigenvalue weighted by Gasteiger charge is -2.48. The predicted molar refractivity (Wildman–Crippen MR) is 308 cm³/mol. The van der Waals surface area contributed by atoms with E-state index >= 15 is 0 Å². The molecule has 6 aliphatic carbocycles. The van der Waals surface area contributed by atoms with Crippen LogP contribution in [0.2, 0.25) is 0 Å². The van der Waals surface area contributed by atoms with Gasteiger partial charge in [-0.2, -0.15) is 0 Å². The molecule has 2 bridgehead atoms. The first-order chi connectivity index (χ1) is 33.3. The van der Waals surface area contributed by atoms with Gasteiger partial charge in [-0.15, -0.1) is 11.3 Å². The minimum absolute atomic E-state index is 0.0343. The van der Waals surface area contributed by atoms with Crippen molar-refractivity contribution >= 4 is 73.4 Å². The first kappa shape index (κ1) is 46.5. The molecule has 71 heavy (non-hydrogen) atoms. The number of allylic oxidation sites excluding steroid dienone is 4. The van der Waals surface area contributed by atoms with E-state index in [2.05, 4.69) is 198 Å². The molecule has 13 rings (SSSR count). The second kappa shape index (κ2) is 14.7. The lowest BCUT2D eigenvalue weighted by Crippen LogP contribution is -2.63. The summed E-state index contributed by atoms with van der Waals surface area (Å²) in [6, 6.07) is 24.0. The molecule has 1 fully saturated rings. The van der Waals surface area contributed by atoms with E-state index in [0.717, 1.165) is 18.8 Å². The number of benzene rings is 4. The van der Waals surface area contributed by atoms with Crippen molar-refractivity contribution in [1.82, 2.24) is 0 Å². The Kier molecular flexibility index (Phi) is 9.65. The van der Waals surface area contributed by atoms with Gasteiger partial charge in [-0.1, -0.05) is 127 Å². The molecular formula is C67H81BN2S. The summed E-state index contributed by atoms with van der Waals surface area (Å²) in [6.45, 7) is 38.1. The summed E-state index contributed by atoms with van der Waals surface area (Å²) in [4.78, 5) is 7.30. The molecule has 0 N–H and O–H groups in total. The van der Waals surface area contributed by atoms with Crippen LogP contribution in [-0.2, 0) is 37.9 Å². The molecule has 1 aromatic heterocycles. The third kappa shape index (κ3) is 6.49. The first-order valence-electron chi connectivity index (χ1n) is 28.1. The van der Waals surface area contributed by atoms with Crippen molar-refractivity contribution in [2.45, 2.75) is 218 Å². The van der Waals surface area contributed by atoms with Crippen LogP contribution < -0.4 is 26.2 Å². The third-order valence-corrected chi connectivity index (χ3v) is 22.7. The molecule has 2 aliphatic heterocycles. The number of rotatable bonds is 3. The molecule has 0 amide bonds. The molecule has 4 aromatic carbocycles. The maximum Gasteiger partial charge on any atom is 0.253 e. The average molecular weight is 957 g/mol. The van der Waals surface area contributed by atoms with Crippen LogP contribution in [0.4, 0.5) is 33.4 Å². The zero-order valence-electron chi connectivity index (χ0n) is 46.2. The number of fused-ring (bicyclic) bond motifs is 12. The monoisotopic (exact) mass is 957 g/mol. The second-order valence-corrected chi connectivity index (χ2v) is 29.8. The van der Waals surface area contributed by atoms with E-state index in [-0.39, 0.29) is 44.6 Å². The standard InChI is InChI=1S/C67H81BN2S/c1-39-31-54-57-55(32-39)70(52-37-50-49(63(7,8)27-28-64(50,9)10)34-45(52)41-19-17-16-18-20-41)60-58(56-59(71-60)66(13,14)30-29-65(56,11)12)68(57)51-35-44-40(2)42-23-24-67(15,38-42)47(44)36-53(51)69(54)43-21-22-46-48(33-43)62(5,6)26-25-61(46,3)4/h16-17,19,21-22,31-37,40,42H,18,20,23-30,38H2,1-15H3/t40-,42-,67?/m1/s1. The van der Waals surface area contributed by atoms with E-state index < -0.39 is 0 Å². The van der Waals surface area contributed by atoms with Crippen molar-refractivity contribution in [1.29, 1.82) is 0 Å².